The SMILES string of the molecule is c1ccc(-c2[nH]cnc2C2CC2)cc1. The standard InChI is InChI=1S/C12H12N2/c1-2-4-9(5-3-1)11-12(10-6-7-10)14-8-13-11/h1-5,8,10H,6-7H2,(H,13,14). The third kappa shape index (κ3) is 1.23. The smallest absolute Gasteiger partial charge is 0.0928 e. The van der Waals surface area contributed by atoms with E-state index in [9.17, 15) is 0 Å². The minimum Gasteiger partial charge on any atom is -0.344 e. The molecule has 3 rings (SSSR count). The summed E-state index contributed by atoms with van der Waals surface area (Å²) in [5.41, 5.74) is 3.69. The van der Waals surface area contributed by atoms with Crippen LogP contribution in [0.3, 0.4) is 0 Å². The first kappa shape index (κ1) is 7.80. The molecule has 0 aliphatic heterocycles. The number of benzene rings is 1. The molecule has 2 heteroatoms. The van der Waals surface area contributed by atoms with E-state index in [1.807, 2.05) is 6.07 Å². The Morgan fingerprint density at radius 2 is 1.93 bits per heavy atom. The molecule has 1 aliphatic rings. The number of rotatable bonds is 2. The lowest BCUT2D eigenvalue weighted by Gasteiger charge is -2.00. The number of H-pyrrole nitrogens is 1. The fourth-order valence-electron chi connectivity index (χ4n) is 1.81. The summed E-state index contributed by atoms with van der Waals surface area (Å²) in [6.07, 6.45) is 4.39. The van der Waals surface area contributed by atoms with Crippen LogP contribution in [-0.4, -0.2) is 9.97 Å². The van der Waals surface area contributed by atoms with E-state index >= 15 is 0 Å². The average molecular weight is 184 g/mol. The van der Waals surface area contributed by atoms with Crippen molar-refractivity contribution in [3.8, 4) is 11.3 Å². The van der Waals surface area contributed by atoms with E-state index in [0.717, 1.165) is 0 Å². The van der Waals surface area contributed by atoms with Crippen molar-refractivity contribution in [3.05, 3.63) is 42.4 Å². The molecule has 1 aromatic carbocycles. The summed E-state index contributed by atoms with van der Waals surface area (Å²) in [4.78, 5) is 7.63. The fourth-order valence-corrected chi connectivity index (χ4v) is 1.81. The van der Waals surface area contributed by atoms with Gasteiger partial charge in [-0.3, -0.25) is 0 Å². The summed E-state index contributed by atoms with van der Waals surface area (Å²) in [5, 5.41) is 0. The summed E-state index contributed by atoms with van der Waals surface area (Å²) in [6, 6.07) is 10.4. The van der Waals surface area contributed by atoms with Crippen LogP contribution in [0.2, 0.25) is 0 Å². The Hall–Kier alpha value is -1.57. The first-order valence-corrected chi connectivity index (χ1v) is 5.04. The molecule has 1 N–H and O–H groups in total. The highest BCUT2D eigenvalue weighted by Gasteiger charge is 2.28. The highest BCUT2D eigenvalue weighted by atomic mass is 14.9. The van der Waals surface area contributed by atoms with Gasteiger partial charge in [-0.25, -0.2) is 4.98 Å². The van der Waals surface area contributed by atoms with E-state index in [4.69, 9.17) is 0 Å². The molecular formula is C12H12N2. The van der Waals surface area contributed by atoms with Gasteiger partial charge in [0.2, 0.25) is 0 Å². The number of hydrogen-bond donors (Lipinski definition) is 1. The predicted molar refractivity (Wildman–Crippen MR) is 56.0 cm³/mol. The summed E-state index contributed by atoms with van der Waals surface area (Å²) in [7, 11) is 0. The van der Waals surface area contributed by atoms with Gasteiger partial charge in [0.25, 0.3) is 0 Å². The zero-order valence-electron chi connectivity index (χ0n) is 7.90. The van der Waals surface area contributed by atoms with Gasteiger partial charge in [0.05, 0.1) is 17.7 Å². The third-order valence-electron chi connectivity index (χ3n) is 2.70. The van der Waals surface area contributed by atoms with Gasteiger partial charge >= 0.3 is 0 Å². The Morgan fingerprint density at radius 3 is 2.64 bits per heavy atom. The average Bonchev–Trinajstić information content (AvgIpc) is 2.98. The van der Waals surface area contributed by atoms with E-state index in [1.54, 1.807) is 6.33 Å². The Kier molecular flexibility index (Phi) is 1.66. The molecule has 1 aliphatic carbocycles. The lowest BCUT2D eigenvalue weighted by molar-refractivity contribution is 1.05. The van der Waals surface area contributed by atoms with E-state index < -0.39 is 0 Å². The van der Waals surface area contributed by atoms with Gasteiger partial charge in [-0.2, -0.15) is 0 Å². The summed E-state index contributed by atoms with van der Waals surface area (Å²) >= 11 is 0. The summed E-state index contributed by atoms with van der Waals surface area (Å²) in [5.74, 6) is 0.705. The molecule has 2 aromatic rings. The van der Waals surface area contributed by atoms with Gasteiger partial charge < -0.3 is 4.98 Å². The van der Waals surface area contributed by atoms with Gasteiger partial charge in [0.1, 0.15) is 0 Å². The molecule has 0 bridgehead atoms. The molecule has 0 spiro atoms. The van der Waals surface area contributed by atoms with Crippen LogP contribution in [0.5, 0.6) is 0 Å². The van der Waals surface area contributed by atoms with Crippen LogP contribution >= 0.6 is 0 Å². The summed E-state index contributed by atoms with van der Waals surface area (Å²) < 4.78 is 0. The van der Waals surface area contributed by atoms with E-state index in [1.165, 1.54) is 29.8 Å². The summed E-state index contributed by atoms with van der Waals surface area (Å²) in [6.45, 7) is 0. The first-order chi connectivity index (χ1) is 6.95. The predicted octanol–water partition coefficient (Wildman–Crippen LogP) is 2.95. The minimum atomic E-state index is 0.705. The Labute approximate surface area is 83.0 Å². The van der Waals surface area contributed by atoms with Gasteiger partial charge in [-0.15, -0.1) is 0 Å². The zero-order valence-corrected chi connectivity index (χ0v) is 7.90. The zero-order chi connectivity index (χ0) is 9.38. The largest absolute Gasteiger partial charge is 0.344 e. The van der Waals surface area contributed by atoms with E-state index in [0.29, 0.717) is 5.92 Å². The second-order valence-corrected chi connectivity index (χ2v) is 3.80. The number of aromatic amines is 1. The molecular weight excluding hydrogens is 172 g/mol. The second kappa shape index (κ2) is 2.98. The molecule has 1 heterocycles. The van der Waals surface area contributed by atoms with Crippen LogP contribution in [0.1, 0.15) is 24.5 Å². The highest BCUT2D eigenvalue weighted by molar-refractivity contribution is 5.62. The monoisotopic (exact) mass is 184 g/mol. The van der Waals surface area contributed by atoms with Crippen LogP contribution in [0.15, 0.2) is 36.7 Å². The first-order valence-electron chi connectivity index (χ1n) is 5.04. The maximum Gasteiger partial charge on any atom is 0.0928 e. The molecule has 14 heavy (non-hydrogen) atoms. The Balaban J connectivity index is 2.07. The lowest BCUT2D eigenvalue weighted by atomic mass is 10.1. The van der Waals surface area contributed by atoms with Crippen LogP contribution in [0.4, 0.5) is 0 Å². The normalized spacial score (nSPS) is 15.7. The van der Waals surface area contributed by atoms with Gasteiger partial charge in [0.15, 0.2) is 0 Å². The Bertz CT molecular complexity index is 427. The van der Waals surface area contributed by atoms with Gasteiger partial charge in [0, 0.05) is 5.92 Å². The van der Waals surface area contributed by atoms with E-state index in [2.05, 4.69) is 34.2 Å². The number of hydrogen-bond acceptors (Lipinski definition) is 1. The molecule has 2 nitrogen and oxygen atoms in total. The molecule has 1 saturated carbocycles. The molecule has 0 atom stereocenters. The Morgan fingerprint density at radius 1 is 1.14 bits per heavy atom. The van der Waals surface area contributed by atoms with Crippen LogP contribution in [0.25, 0.3) is 11.3 Å². The quantitative estimate of drug-likeness (QED) is 0.763. The maximum atomic E-state index is 4.40. The molecule has 0 saturated heterocycles. The van der Waals surface area contributed by atoms with Crippen molar-refractivity contribution < 1.29 is 0 Å². The lowest BCUT2D eigenvalue weighted by Crippen LogP contribution is -1.84. The number of nitrogens with zero attached hydrogens (tertiary/aromatic N) is 1. The van der Waals surface area contributed by atoms with Crippen molar-refractivity contribution in [2.24, 2.45) is 0 Å². The topological polar surface area (TPSA) is 28.7 Å². The molecule has 0 amide bonds. The van der Waals surface area contributed by atoms with Crippen molar-refractivity contribution >= 4 is 0 Å². The molecule has 1 fully saturated rings. The second-order valence-electron chi connectivity index (χ2n) is 3.80. The fraction of sp³-hybridized carbons (Fsp3) is 0.250. The van der Waals surface area contributed by atoms with E-state index in [-0.39, 0.29) is 0 Å². The molecule has 0 radical (unpaired) electrons. The third-order valence-corrected chi connectivity index (χ3v) is 2.70. The van der Waals surface area contributed by atoms with Crippen LogP contribution < -0.4 is 0 Å². The number of imidazole rings is 1. The van der Waals surface area contributed by atoms with Crippen LogP contribution in [-0.2, 0) is 0 Å². The minimum absolute atomic E-state index is 0.705. The van der Waals surface area contributed by atoms with Crippen molar-refractivity contribution in [2.75, 3.05) is 0 Å². The van der Waals surface area contributed by atoms with Crippen molar-refractivity contribution in [2.45, 2.75) is 18.8 Å². The van der Waals surface area contributed by atoms with Crippen molar-refractivity contribution in [1.29, 1.82) is 0 Å². The maximum absolute atomic E-state index is 4.40. The molecule has 0 unspecified atom stereocenters. The highest BCUT2D eigenvalue weighted by Crippen LogP contribution is 2.42. The number of nitrogens with one attached hydrogen (secondary N) is 1. The van der Waals surface area contributed by atoms with Gasteiger partial charge in [-0.1, -0.05) is 30.3 Å². The number of aromatic nitrogens is 2. The molecule has 70 valence electrons. The molecule has 1 aromatic heterocycles. The van der Waals surface area contributed by atoms with Crippen LogP contribution in [0, 0.1) is 0 Å². The van der Waals surface area contributed by atoms with Gasteiger partial charge in [-0.05, 0) is 18.4 Å². The van der Waals surface area contributed by atoms with Crippen molar-refractivity contribution in [3.63, 3.8) is 0 Å². The van der Waals surface area contributed by atoms with Crippen molar-refractivity contribution in [1.82, 2.24) is 9.97 Å².